The Labute approximate surface area is 173 Å². The van der Waals surface area contributed by atoms with E-state index < -0.39 is 0 Å². The first-order chi connectivity index (χ1) is 14.1. The van der Waals surface area contributed by atoms with Gasteiger partial charge in [-0.3, -0.25) is 0 Å². The fourth-order valence-corrected chi connectivity index (χ4v) is 2.85. The summed E-state index contributed by atoms with van der Waals surface area (Å²) in [6.07, 6.45) is 1.56. The van der Waals surface area contributed by atoms with Crippen LogP contribution in [0.3, 0.4) is 0 Å². The van der Waals surface area contributed by atoms with Crippen LogP contribution in [0.25, 0.3) is 11.1 Å². The molecule has 0 bridgehead atoms. The molecule has 0 fully saturated rings. The number of aromatic nitrogens is 1. The number of benzene rings is 2. The average Bonchev–Trinajstić information content (AvgIpc) is 2.74. The van der Waals surface area contributed by atoms with Crippen molar-refractivity contribution in [2.45, 2.75) is 0 Å². The van der Waals surface area contributed by atoms with Crippen molar-refractivity contribution >= 4 is 28.7 Å². The Kier molecular flexibility index (Phi) is 6.76. The van der Waals surface area contributed by atoms with E-state index in [1.807, 2.05) is 48.5 Å². The third kappa shape index (κ3) is 5.30. The molecule has 3 rings (SSSR count). The first-order valence-electron chi connectivity index (χ1n) is 8.74. The van der Waals surface area contributed by atoms with E-state index in [9.17, 15) is 0 Å². The molecule has 0 aliphatic heterocycles. The van der Waals surface area contributed by atoms with Crippen LogP contribution < -0.4 is 10.5 Å². The molecule has 0 aliphatic carbocycles. The van der Waals surface area contributed by atoms with Gasteiger partial charge in [0.2, 0.25) is 0 Å². The fraction of sp³-hybridized carbons (Fsp3) is 0.143. The number of anilines is 1. The van der Waals surface area contributed by atoms with Gasteiger partial charge in [-0.15, -0.1) is 0 Å². The van der Waals surface area contributed by atoms with E-state index in [0.29, 0.717) is 22.2 Å². The average molecular weight is 410 g/mol. The van der Waals surface area contributed by atoms with Crippen LogP contribution in [0.15, 0.2) is 76.2 Å². The second-order valence-corrected chi connectivity index (χ2v) is 6.40. The van der Waals surface area contributed by atoms with Crippen LogP contribution >= 0.6 is 11.6 Å². The zero-order valence-electron chi connectivity index (χ0n) is 16.0. The minimum absolute atomic E-state index is 0.159. The van der Waals surface area contributed by atoms with E-state index in [0.717, 1.165) is 22.5 Å². The summed E-state index contributed by atoms with van der Waals surface area (Å²) in [6.45, 7) is 0.159. The lowest BCUT2D eigenvalue weighted by atomic mass is 10.1. The molecule has 1 aromatic heterocycles. The van der Waals surface area contributed by atoms with Crippen molar-refractivity contribution in [3.8, 4) is 16.9 Å². The summed E-state index contributed by atoms with van der Waals surface area (Å²) in [4.78, 5) is 9.16. The summed E-state index contributed by atoms with van der Waals surface area (Å²) in [6, 6.07) is 17.1. The van der Waals surface area contributed by atoms with E-state index in [-0.39, 0.29) is 6.54 Å². The summed E-state index contributed by atoms with van der Waals surface area (Å²) in [5, 5.41) is 12.8. The van der Waals surface area contributed by atoms with Crippen LogP contribution in [0.2, 0.25) is 5.02 Å². The number of oxime groups is 1. The molecule has 0 spiro atoms. The lowest BCUT2D eigenvalue weighted by Crippen LogP contribution is -2.09. The highest BCUT2D eigenvalue weighted by Crippen LogP contribution is 2.24. The number of nitrogen functional groups attached to an aromatic ring is 1. The lowest BCUT2D eigenvalue weighted by Gasteiger charge is -2.06. The molecule has 148 valence electrons. The molecule has 0 saturated carbocycles. The van der Waals surface area contributed by atoms with Gasteiger partial charge in [0, 0.05) is 11.8 Å². The summed E-state index contributed by atoms with van der Waals surface area (Å²) in [5.74, 6) is 0.554. The molecule has 7 nitrogen and oxygen atoms in total. The summed E-state index contributed by atoms with van der Waals surface area (Å²) < 4.78 is 5.11. The van der Waals surface area contributed by atoms with Gasteiger partial charge in [0.25, 0.3) is 0 Å². The van der Waals surface area contributed by atoms with Crippen molar-refractivity contribution in [3.63, 3.8) is 0 Å². The molecular formula is C21H20ClN5O2. The van der Waals surface area contributed by atoms with Crippen molar-refractivity contribution < 1.29 is 9.57 Å². The first kappa shape index (κ1) is 20.3. The molecule has 2 N–H and O–H groups in total. The van der Waals surface area contributed by atoms with Gasteiger partial charge < -0.3 is 15.3 Å². The molecular weight excluding hydrogens is 390 g/mol. The van der Waals surface area contributed by atoms with E-state index in [1.165, 1.54) is 7.11 Å². The topological polar surface area (TPSA) is 94.5 Å². The first-order valence-corrected chi connectivity index (χ1v) is 9.12. The monoisotopic (exact) mass is 409 g/mol. The van der Waals surface area contributed by atoms with Crippen LogP contribution in [0.5, 0.6) is 5.75 Å². The van der Waals surface area contributed by atoms with Crippen molar-refractivity contribution in [2.24, 2.45) is 15.4 Å². The number of azo groups is 1. The van der Waals surface area contributed by atoms with Crippen molar-refractivity contribution in [1.82, 2.24) is 4.98 Å². The van der Waals surface area contributed by atoms with Gasteiger partial charge in [0.15, 0.2) is 0 Å². The molecule has 1 heterocycles. The Morgan fingerprint density at radius 1 is 1.03 bits per heavy atom. The number of halogens is 1. The number of pyridine rings is 1. The maximum absolute atomic E-state index is 6.26. The number of ether oxygens (including phenoxy) is 1. The minimum atomic E-state index is 0.159. The van der Waals surface area contributed by atoms with Gasteiger partial charge >= 0.3 is 0 Å². The maximum atomic E-state index is 6.26. The zero-order chi connectivity index (χ0) is 20.6. The molecule has 0 atom stereocenters. The maximum Gasteiger partial charge on any atom is 0.138 e. The Morgan fingerprint density at radius 2 is 1.69 bits per heavy atom. The molecule has 0 unspecified atom stereocenters. The highest BCUT2D eigenvalue weighted by atomic mass is 35.5. The lowest BCUT2D eigenvalue weighted by molar-refractivity contribution is 0.213. The zero-order valence-corrected chi connectivity index (χ0v) is 16.8. The van der Waals surface area contributed by atoms with E-state index >= 15 is 0 Å². The smallest absolute Gasteiger partial charge is 0.138 e. The van der Waals surface area contributed by atoms with E-state index in [4.69, 9.17) is 26.9 Å². The Hall–Kier alpha value is -3.45. The molecule has 0 radical (unpaired) electrons. The van der Waals surface area contributed by atoms with Gasteiger partial charge in [-0.1, -0.05) is 41.0 Å². The largest absolute Gasteiger partial charge is 0.495 e. The predicted octanol–water partition coefficient (Wildman–Crippen LogP) is 5.13. The third-order valence-electron chi connectivity index (χ3n) is 4.04. The molecule has 8 heteroatoms. The van der Waals surface area contributed by atoms with Crippen molar-refractivity contribution in [2.75, 3.05) is 26.5 Å². The highest BCUT2D eigenvalue weighted by Gasteiger charge is 2.12. The van der Waals surface area contributed by atoms with E-state index in [2.05, 4.69) is 20.4 Å². The minimum Gasteiger partial charge on any atom is -0.495 e. The highest BCUT2D eigenvalue weighted by molar-refractivity contribution is 6.34. The second-order valence-electron chi connectivity index (χ2n) is 5.99. The number of nitrogens with two attached hydrogens (primary N) is 1. The van der Waals surface area contributed by atoms with Gasteiger partial charge in [-0.05, 0) is 35.4 Å². The van der Waals surface area contributed by atoms with Gasteiger partial charge in [-0.25, -0.2) is 4.98 Å². The van der Waals surface area contributed by atoms with Gasteiger partial charge in [0.1, 0.15) is 30.8 Å². The predicted molar refractivity (Wildman–Crippen MR) is 115 cm³/mol. The number of rotatable bonds is 7. The number of methoxy groups -OCH3 is 1. The molecule has 3 aromatic rings. The normalized spacial score (nSPS) is 11.6. The number of hydrogen-bond acceptors (Lipinski definition) is 7. The summed E-state index contributed by atoms with van der Waals surface area (Å²) in [5.41, 5.74) is 10.3. The van der Waals surface area contributed by atoms with E-state index in [1.54, 1.807) is 19.4 Å². The quantitative estimate of drug-likeness (QED) is 0.253. The number of hydrogen-bond donors (Lipinski definition) is 1. The summed E-state index contributed by atoms with van der Waals surface area (Å²) >= 11 is 6.26. The molecule has 0 aliphatic rings. The van der Waals surface area contributed by atoms with Crippen LogP contribution in [-0.4, -0.2) is 31.5 Å². The molecule has 29 heavy (non-hydrogen) atoms. The molecule has 2 aromatic carbocycles. The Balaban J connectivity index is 1.71. The van der Waals surface area contributed by atoms with Crippen LogP contribution in [0.1, 0.15) is 5.69 Å². The Bertz CT molecular complexity index is 1020. The third-order valence-corrected chi connectivity index (χ3v) is 4.33. The fourth-order valence-electron chi connectivity index (χ4n) is 2.58. The Morgan fingerprint density at radius 3 is 2.28 bits per heavy atom. The number of nitrogens with zero attached hydrogens (tertiary/aromatic N) is 4. The molecule has 0 amide bonds. The SMILES string of the molecule is CON=C(CN=Nc1ccc(-c2ccc(N)cc2)cc1)c1ncc(OC)cc1Cl. The molecule has 0 saturated heterocycles. The van der Waals surface area contributed by atoms with Crippen LogP contribution in [-0.2, 0) is 4.84 Å². The van der Waals surface area contributed by atoms with Crippen molar-refractivity contribution in [3.05, 3.63) is 71.5 Å². The van der Waals surface area contributed by atoms with Crippen molar-refractivity contribution in [1.29, 1.82) is 0 Å². The standard InChI is InChI=1S/C21H20ClN5O2/c1-28-18-11-19(22)21(24-12-18)20(27-29-2)13-25-26-17-9-5-15(6-10-17)14-3-7-16(23)8-4-14/h3-12H,13,23H2,1-2H3. The van der Waals surface area contributed by atoms with Gasteiger partial charge in [-0.2, -0.15) is 10.2 Å². The second kappa shape index (κ2) is 9.66. The summed E-state index contributed by atoms with van der Waals surface area (Å²) in [7, 11) is 2.99. The van der Waals surface area contributed by atoms with Gasteiger partial charge in [0.05, 0.1) is 24.0 Å². The van der Waals surface area contributed by atoms with Crippen LogP contribution in [0.4, 0.5) is 11.4 Å². The van der Waals surface area contributed by atoms with Crippen LogP contribution in [0, 0.1) is 0 Å².